The molecule has 0 aliphatic carbocycles. The van der Waals surface area contributed by atoms with Crippen molar-refractivity contribution in [2.75, 3.05) is 11.9 Å². The van der Waals surface area contributed by atoms with Gasteiger partial charge in [0.05, 0.1) is 29.0 Å². The SMILES string of the molecule is CCc1nn(C)cc1NCC(O)Cn1cc([N+](=O)[O-])cn1. The normalized spacial score (nSPS) is 12.3. The van der Waals surface area contributed by atoms with Gasteiger partial charge >= 0.3 is 5.69 Å². The average molecular weight is 294 g/mol. The van der Waals surface area contributed by atoms with E-state index in [-0.39, 0.29) is 12.2 Å². The Hall–Kier alpha value is -2.42. The largest absolute Gasteiger partial charge is 0.389 e. The van der Waals surface area contributed by atoms with Gasteiger partial charge in [0.25, 0.3) is 0 Å². The Labute approximate surface area is 121 Å². The number of aromatic nitrogens is 4. The van der Waals surface area contributed by atoms with Crippen molar-refractivity contribution >= 4 is 11.4 Å². The van der Waals surface area contributed by atoms with Gasteiger partial charge in [-0.3, -0.25) is 19.5 Å². The molecule has 114 valence electrons. The third-order valence-corrected chi connectivity index (χ3v) is 3.00. The Morgan fingerprint density at radius 2 is 2.29 bits per heavy atom. The Bertz CT molecular complexity index is 620. The van der Waals surface area contributed by atoms with Crippen LogP contribution in [-0.2, 0) is 20.0 Å². The van der Waals surface area contributed by atoms with Gasteiger partial charge in [-0.05, 0) is 6.42 Å². The number of rotatable bonds is 7. The molecular weight excluding hydrogens is 276 g/mol. The highest BCUT2D eigenvalue weighted by Gasteiger charge is 2.13. The summed E-state index contributed by atoms with van der Waals surface area (Å²) in [5.74, 6) is 0. The monoisotopic (exact) mass is 294 g/mol. The second-order valence-corrected chi connectivity index (χ2v) is 4.73. The minimum atomic E-state index is -0.714. The van der Waals surface area contributed by atoms with Crippen molar-refractivity contribution in [2.24, 2.45) is 7.05 Å². The molecule has 0 spiro atoms. The summed E-state index contributed by atoms with van der Waals surface area (Å²) in [6.45, 7) is 2.50. The van der Waals surface area contributed by atoms with Crippen molar-refractivity contribution in [1.82, 2.24) is 19.6 Å². The van der Waals surface area contributed by atoms with Crippen LogP contribution in [0.15, 0.2) is 18.6 Å². The summed E-state index contributed by atoms with van der Waals surface area (Å²) in [5, 5.41) is 31.8. The number of nitro groups is 1. The number of nitrogens with zero attached hydrogens (tertiary/aromatic N) is 5. The predicted octanol–water partition coefficient (Wildman–Crippen LogP) is 0.560. The van der Waals surface area contributed by atoms with Crippen molar-refractivity contribution in [3.05, 3.63) is 34.4 Å². The Balaban J connectivity index is 1.89. The number of nitrogens with one attached hydrogen (secondary N) is 1. The molecule has 1 unspecified atom stereocenters. The molecule has 2 aromatic rings. The van der Waals surface area contributed by atoms with Crippen LogP contribution in [0.5, 0.6) is 0 Å². The Morgan fingerprint density at radius 3 is 2.90 bits per heavy atom. The van der Waals surface area contributed by atoms with Gasteiger partial charge in [0.1, 0.15) is 12.4 Å². The lowest BCUT2D eigenvalue weighted by Crippen LogP contribution is -2.25. The summed E-state index contributed by atoms with van der Waals surface area (Å²) in [4.78, 5) is 10.0. The molecule has 21 heavy (non-hydrogen) atoms. The van der Waals surface area contributed by atoms with E-state index in [4.69, 9.17) is 0 Å². The maximum Gasteiger partial charge on any atom is 0.306 e. The van der Waals surface area contributed by atoms with E-state index in [0.29, 0.717) is 6.54 Å². The van der Waals surface area contributed by atoms with Crippen LogP contribution >= 0.6 is 0 Å². The second-order valence-electron chi connectivity index (χ2n) is 4.73. The Morgan fingerprint density at radius 1 is 1.52 bits per heavy atom. The van der Waals surface area contributed by atoms with Gasteiger partial charge in [0, 0.05) is 19.8 Å². The smallest absolute Gasteiger partial charge is 0.306 e. The van der Waals surface area contributed by atoms with Crippen LogP contribution in [0.1, 0.15) is 12.6 Å². The van der Waals surface area contributed by atoms with E-state index >= 15 is 0 Å². The highest BCUT2D eigenvalue weighted by atomic mass is 16.6. The quantitative estimate of drug-likeness (QED) is 0.570. The summed E-state index contributed by atoms with van der Waals surface area (Å²) in [6.07, 6.45) is 4.39. The van der Waals surface area contributed by atoms with Gasteiger partial charge in [0.15, 0.2) is 0 Å². The number of anilines is 1. The van der Waals surface area contributed by atoms with E-state index in [9.17, 15) is 15.2 Å². The van der Waals surface area contributed by atoms with Crippen LogP contribution in [-0.4, -0.2) is 42.2 Å². The fraction of sp³-hybridized carbons (Fsp3) is 0.500. The van der Waals surface area contributed by atoms with E-state index in [1.807, 2.05) is 20.2 Å². The van der Waals surface area contributed by atoms with E-state index in [1.54, 1.807) is 4.68 Å². The van der Waals surface area contributed by atoms with Gasteiger partial charge in [-0.2, -0.15) is 10.2 Å². The van der Waals surface area contributed by atoms with Gasteiger partial charge in [0.2, 0.25) is 0 Å². The van der Waals surface area contributed by atoms with E-state index in [2.05, 4.69) is 15.5 Å². The molecule has 0 aromatic carbocycles. The van der Waals surface area contributed by atoms with Gasteiger partial charge in [-0.15, -0.1) is 0 Å². The first kappa shape index (κ1) is 15.0. The molecule has 0 aliphatic rings. The number of hydrogen-bond donors (Lipinski definition) is 2. The Kier molecular flexibility index (Phi) is 4.53. The van der Waals surface area contributed by atoms with Crippen LogP contribution in [0.25, 0.3) is 0 Å². The van der Waals surface area contributed by atoms with Crippen LogP contribution in [0, 0.1) is 10.1 Å². The molecule has 2 N–H and O–H groups in total. The molecule has 0 radical (unpaired) electrons. The zero-order valence-corrected chi connectivity index (χ0v) is 11.9. The van der Waals surface area contributed by atoms with Crippen molar-refractivity contribution < 1.29 is 10.0 Å². The van der Waals surface area contributed by atoms with Crippen LogP contribution in [0.2, 0.25) is 0 Å². The third kappa shape index (κ3) is 3.78. The molecule has 2 rings (SSSR count). The van der Waals surface area contributed by atoms with Crippen LogP contribution in [0.4, 0.5) is 11.4 Å². The molecule has 9 nitrogen and oxygen atoms in total. The summed E-state index contributed by atoms with van der Waals surface area (Å²) in [6, 6.07) is 0. The molecule has 9 heteroatoms. The summed E-state index contributed by atoms with van der Waals surface area (Å²) >= 11 is 0. The molecule has 0 fully saturated rings. The van der Waals surface area contributed by atoms with Crippen LogP contribution < -0.4 is 5.32 Å². The first-order chi connectivity index (χ1) is 9.99. The van der Waals surface area contributed by atoms with Crippen molar-refractivity contribution in [1.29, 1.82) is 0 Å². The number of aryl methyl sites for hydroxylation is 2. The molecule has 0 saturated carbocycles. The molecule has 1 atom stereocenters. The third-order valence-electron chi connectivity index (χ3n) is 3.00. The lowest BCUT2D eigenvalue weighted by atomic mass is 10.3. The second kappa shape index (κ2) is 6.35. The summed E-state index contributed by atoms with van der Waals surface area (Å²) in [5.41, 5.74) is 1.72. The molecule has 0 aliphatic heterocycles. The van der Waals surface area contributed by atoms with Gasteiger partial charge < -0.3 is 10.4 Å². The standard InChI is InChI=1S/C12H18N6O3/c1-3-11-12(8-16(2)15-11)13-5-10(19)7-17-6-9(4-14-17)18(20)21/h4,6,8,10,13,19H,3,5,7H2,1-2H3. The fourth-order valence-electron chi connectivity index (χ4n) is 2.00. The predicted molar refractivity (Wildman–Crippen MR) is 76.0 cm³/mol. The lowest BCUT2D eigenvalue weighted by Gasteiger charge is -2.12. The number of hydrogen-bond acceptors (Lipinski definition) is 6. The highest BCUT2D eigenvalue weighted by molar-refractivity contribution is 5.46. The minimum absolute atomic E-state index is 0.0873. The van der Waals surface area contributed by atoms with Gasteiger partial charge in [-0.25, -0.2) is 0 Å². The first-order valence-electron chi connectivity index (χ1n) is 6.61. The lowest BCUT2D eigenvalue weighted by molar-refractivity contribution is -0.385. The number of aliphatic hydroxyl groups excluding tert-OH is 1. The maximum absolute atomic E-state index is 10.6. The van der Waals surface area contributed by atoms with Crippen molar-refractivity contribution in [2.45, 2.75) is 26.0 Å². The molecular formula is C12H18N6O3. The molecule has 2 heterocycles. The molecule has 0 amide bonds. The maximum atomic E-state index is 10.6. The highest BCUT2D eigenvalue weighted by Crippen LogP contribution is 2.14. The minimum Gasteiger partial charge on any atom is -0.389 e. The van der Waals surface area contributed by atoms with E-state index in [0.717, 1.165) is 24.0 Å². The zero-order chi connectivity index (χ0) is 15.4. The molecule has 0 saturated heterocycles. The van der Waals surface area contributed by atoms with Crippen molar-refractivity contribution in [3.63, 3.8) is 0 Å². The van der Waals surface area contributed by atoms with Crippen molar-refractivity contribution in [3.8, 4) is 0 Å². The number of aliphatic hydroxyl groups is 1. The molecule has 0 bridgehead atoms. The summed E-state index contributed by atoms with van der Waals surface area (Å²) in [7, 11) is 1.84. The fourth-order valence-corrected chi connectivity index (χ4v) is 2.00. The topological polar surface area (TPSA) is 111 Å². The molecule has 2 aromatic heterocycles. The first-order valence-corrected chi connectivity index (χ1v) is 6.61. The van der Waals surface area contributed by atoms with Gasteiger partial charge in [-0.1, -0.05) is 6.92 Å². The zero-order valence-electron chi connectivity index (χ0n) is 11.9. The van der Waals surface area contributed by atoms with Crippen LogP contribution in [0.3, 0.4) is 0 Å². The summed E-state index contributed by atoms with van der Waals surface area (Å²) < 4.78 is 3.07. The van der Waals surface area contributed by atoms with E-state index < -0.39 is 11.0 Å². The van der Waals surface area contributed by atoms with E-state index in [1.165, 1.54) is 10.9 Å². The average Bonchev–Trinajstić information content (AvgIpc) is 3.02.